The van der Waals surface area contributed by atoms with E-state index >= 15 is 0 Å². The summed E-state index contributed by atoms with van der Waals surface area (Å²) in [4.78, 5) is 0. The van der Waals surface area contributed by atoms with Gasteiger partial charge in [-0.2, -0.15) is 0 Å². The predicted octanol–water partition coefficient (Wildman–Crippen LogP) is 6.48. The van der Waals surface area contributed by atoms with Crippen molar-refractivity contribution in [2.75, 3.05) is 0 Å². The maximum atomic E-state index is 13.4. The molecule has 1 heteroatoms. The molecule has 0 aliphatic heterocycles. The number of benzene rings is 1. The number of hydrogen-bond donors (Lipinski definition) is 0. The van der Waals surface area contributed by atoms with E-state index in [9.17, 15) is 4.39 Å². The van der Waals surface area contributed by atoms with Gasteiger partial charge in [-0.15, -0.1) is 0 Å². The molecule has 2 fully saturated rings. The van der Waals surface area contributed by atoms with Crippen LogP contribution in [0, 0.1) is 29.5 Å². The lowest BCUT2D eigenvalue weighted by molar-refractivity contribution is 0.104. The molecule has 0 nitrogen and oxygen atoms in total. The molecule has 1 aromatic carbocycles. The zero-order valence-electron chi connectivity index (χ0n) is 15.1. The fourth-order valence-corrected chi connectivity index (χ4v) is 5.79. The SMILES string of the molecule is CCCC1CCC2CC(C3=CCc4cc(F)ccc4C3)CCC2C1. The number of rotatable bonds is 3. The third-order valence-corrected chi connectivity index (χ3v) is 7.09. The average Bonchev–Trinajstić information content (AvgIpc) is 2.61. The van der Waals surface area contributed by atoms with Crippen molar-refractivity contribution in [3.63, 3.8) is 0 Å². The van der Waals surface area contributed by atoms with Crippen LogP contribution in [0.5, 0.6) is 0 Å². The summed E-state index contributed by atoms with van der Waals surface area (Å²) >= 11 is 0. The molecule has 1 aromatic rings. The summed E-state index contributed by atoms with van der Waals surface area (Å²) in [5.41, 5.74) is 4.22. The van der Waals surface area contributed by atoms with Gasteiger partial charge >= 0.3 is 0 Å². The minimum Gasteiger partial charge on any atom is -0.207 e. The van der Waals surface area contributed by atoms with Crippen molar-refractivity contribution >= 4 is 0 Å². The van der Waals surface area contributed by atoms with Crippen LogP contribution in [0.1, 0.15) is 69.4 Å². The molecule has 130 valence electrons. The highest BCUT2D eigenvalue weighted by atomic mass is 19.1. The van der Waals surface area contributed by atoms with Crippen LogP contribution in [0.3, 0.4) is 0 Å². The second kappa shape index (κ2) is 7.02. The zero-order chi connectivity index (χ0) is 16.5. The largest absolute Gasteiger partial charge is 0.207 e. The van der Waals surface area contributed by atoms with Gasteiger partial charge in [-0.05, 0) is 91.9 Å². The monoisotopic (exact) mass is 326 g/mol. The third kappa shape index (κ3) is 3.32. The summed E-state index contributed by atoms with van der Waals surface area (Å²) in [5.74, 6) is 3.72. The van der Waals surface area contributed by atoms with Gasteiger partial charge in [-0.1, -0.05) is 43.9 Å². The van der Waals surface area contributed by atoms with Crippen molar-refractivity contribution in [2.45, 2.75) is 71.1 Å². The molecule has 3 aliphatic rings. The molecule has 0 bridgehead atoms. The van der Waals surface area contributed by atoms with E-state index in [2.05, 4.69) is 13.0 Å². The molecule has 0 saturated heterocycles. The van der Waals surface area contributed by atoms with Crippen LogP contribution in [0.4, 0.5) is 4.39 Å². The number of allylic oxidation sites excluding steroid dienone is 2. The summed E-state index contributed by atoms with van der Waals surface area (Å²) in [7, 11) is 0. The quantitative estimate of drug-likeness (QED) is 0.557. The Hall–Kier alpha value is -1.11. The van der Waals surface area contributed by atoms with Crippen molar-refractivity contribution in [3.05, 3.63) is 46.8 Å². The molecule has 24 heavy (non-hydrogen) atoms. The van der Waals surface area contributed by atoms with Crippen LogP contribution < -0.4 is 0 Å². The van der Waals surface area contributed by atoms with Gasteiger partial charge in [0.05, 0.1) is 0 Å². The first-order valence-corrected chi connectivity index (χ1v) is 10.2. The van der Waals surface area contributed by atoms with Gasteiger partial charge in [-0.25, -0.2) is 4.39 Å². The summed E-state index contributed by atoms with van der Waals surface area (Å²) in [6.45, 7) is 2.34. The first-order chi connectivity index (χ1) is 11.7. The van der Waals surface area contributed by atoms with Crippen LogP contribution in [-0.4, -0.2) is 0 Å². The second-order valence-electron chi connectivity index (χ2n) is 8.57. The molecule has 0 N–H and O–H groups in total. The molecule has 2 saturated carbocycles. The van der Waals surface area contributed by atoms with Crippen molar-refractivity contribution in [1.29, 1.82) is 0 Å². The Bertz CT molecular complexity index is 614. The first kappa shape index (κ1) is 16.4. The van der Waals surface area contributed by atoms with E-state index in [1.807, 2.05) is 6.07 Å². The van der Waals surface area contributed by atoms with Gasteiger partial charge in [0, 0.05) is 0 Å². The maximum absolute atomic E-state index is 13.4. The summed E-state index contributed by atoms with van der Waals surface area (Å²) < 4.78 is 13.4. The zero-order valence-corrected chi connectivity index (χ0v) is 15.1. The Morgan fingerprint density at radius 2 is 1.83 bits per heavy atom. The fourth-order valence-electron chi connectivity index (χ4n) is 5.79. The molecule has 0 amide bonds. The van der Waals surface area contributed by atoms with E-state index in [1.54, 1.807) is 17.7 Å². The molecule has 4 unspecified atom stereocenters. The van der Waals surface area contributed by atoms with Gasteiger partial charge in [-0.3, -0.25) is 0 Å². The smallest absolute Gasteiger partial charge is 0.123 e. The molecule has 4 rings (SSSR count). The normalized spacial score (nSPS) is 32.7. The third-order valence-electron chi connectivity index (χ3n) is 7.09. The minimum atomic E-state index is -0.0880. The van der Waals surface area contributed by atoms with Gasteiger partial charge < -0.3 is 0 Å². The molecule has 4 atom stereocenters. The molecular formula is C23H31F. The van der Waals surface area contributed by atoms with Gasteiger partial charge in [0.1, 0.15) is 5.82 Å². The predicted molar refractivity (Wildman–Crippen MR) is 98.5 cm³/mol. The highest BCUT2D eigenvalue weighted by molar-refractivity contribution is 5.38. The van der Waals surface area contributed by atoms with E-state index in [1.165, 1.54) is 62.5 Å². The second-order valence-corrected chi connectivity index (χ2v) is 8.57. The Balaban J connectivity index is 1.39. The van der Waals surface area contributed by atoms with E-state index in [0.29, 0.717) is 0 Å². The van der Waals surface area contributed by atoms with Gasteiger partial charge in [0.25, 0.3) is 0 Å². The fraction of sp³-hybridized carbons (Fsp3) is 0.652. The number of fused-ring (bicyclic) bond motifs is 2. The topological polar surface area (TPSA) is 0 Å². The van der Waals surface area contributed by atoms with Crippen LogP contribution in [0.25, 0.3) is 0 Å². The van der Waals surface area contributed by atoms with E-state index in [0.717, 1.165) is 36.5 Å². The molecule has 0 radical (unpaired) electrons. The molecule has 3 aliphatic carbocycles. The van der Waals surface area contributed by atoms with Crippen LogP contribution >= 0.6 is 0 Å². The molecule has 0 spiro atoms. The first-order valence-electron chi connectivity index (χ1n) is 10.2. The van der Waals surface area contributed by atoms with Crippen molar-refractivity contribution in [2.24, 2.45) is 23.7 Å². The lowest BCUT2D eigenvalue weighted by Gasteiger charge is -2.43. The lowest BCUT2D eigenvalue weighted by Crippen LogP contribution is -2.32. The van der Waals surface area contributed by atoms with E-state index in [4.69, 9.17) is 0 Å². The molecule has 0 heterocycles. The number of halogens is 1. The average molecular weight is 326 g/mol. The number of hydrogen-bond acceptors (Lipinski definition) is 0. The highest BCUT2D eigenvalue weighted by Gasteiger charge is 2.36. The molecular weight excluding hydrogens is 295 g/mol. The lowest BCUT2D eigenvalue weighted by atomic mass is 9.62. The Labute approximate surface area is 146 Å². The highest BCUT2D eigenvalue weighted by Crippen LogP contribution is 2.48. The van der Waals surface area contributed by atoms with Crippen LogP contribution in [0.2, 0.25) is 0 Å². The van der Waals surface area contributed by atoms with Crippen LogP contribution in [-0.2, 0) is 12.8 Å². The van der Waals surface area contributed by atoms with Crippen molar-refractivity contribution in [1.82, 2.24) is 0 Å². The Morgan fingerprint density at radius 3 is 2.71 bits per heavy atom. The van der Waals surface area contributed by atoms with Crippen molar-refractivity contribution < 1.29 is 4.39 Å². The van der Waals surface area contributed by atoms with E-state index < -0.39 is 0 Å². The molecule has 0 aromatic heterocycles. The maximum Gasteiger partial charge on any atom is 0.123 e. The summed E-state index contributed by atoms with van der Waals surface area (Å²) in [6, 6.07) is 5.38. The Kier molecular flexibility index (Phi) is 4.79. The minimum absolute atomic E-state index is 0.0880. The standard InChI is InChI=1S/C23H31F/c1-2-3-16-4-5-18-13-19(7-6-17(18)12-16)20-8-9-22-15-23(24)11-10-21(22)14-20/h8,10-11,15-19H,2-7,9,12-14H2,1H3. The van der Waals surface area contributed by atoms with Gasteiger partial charge in [0.2, 0.25) is 0 Å². The van der Waals surface area contributed by atoms with E-state index in [-0.39, 0.29) is 5.82 Å². The van der Waals surface area contributed by atoms with Crippen LogP contribution in [0.15, 0.2) is 29.8 Å². The Morgan fingerprint density at radius 1 is 1.00 bits per heavy atom. The van der Waals surface area contributed by atoms with Gasteiger partial charge in [0.15, 0.2) is 0 Å². The van der Waals surface area contributed by atoms with Crippen molar-refractivity contribution in [3.8, 4) is 0 Å². The summed E-state index contributed by atoms with van der Waals surface area (Å²) in [5, 5.41) is 0. The summed E-state index contributed by atoms with van der Waals surface area (Å²) in [6.07, 6.45) is 16.0.